The van der Waals surface area contributed by atoms with Gasteiger partial charge >= 0.3 is 11.9 Å². The summed E-state index contributed by atoms with van der Waals surface area (Å²) in [4.78, 5) is 37.6. The van der Waals surface area contributed by atoms with E-state index in [-0.39, 0.29) is 5.56 Å². The number of amides is 1. The number of nitrogens with zero attached hydrogens (tertiary/aromatic N) is 1. The maximum absolute atomic E-state index is 12.6. The lowest BCUT2D eigenvalue weighted by Crippen LogP contribution is -2.37. The van der Waals surface area contributed by atoms with E-state index in [2.05, 4.69) is 5.32 Å². The highest BCUT2D eigenvalue weighted by molar-refractivity contribution is 5.99. The molecule has 1 aliphatic carbocycles. The minimum atomic E-state index is -1.09. The largest absolute Gasteiger partial charge is 0.481 e. The molecule has 0 spiro atoms. The number of aliphatic carboxylic acids is 1. The smallest absolute Gasteiger partial charge is 0.337 e. The number of benzene rings is 1. The summed E-state index contributed by atoms with van der Waals surface area (Å²) < 4.78 is 5.29. The molecule has 1 heterocycles. The number of allylic oxidation sites excluding steroid dienone is 2. The van der Waals surface area contributed by atoms with Gasteiger partial charge in [-0.3, -0.25) is 9.59 Å². The molecule has 0 radical (unpaired) electrons. The van der Waals surface area contributed by atoms with Crippen molar-refractivity contribution < 1.29 is 29.3 Å². The summed E-state index contributed by atoms with van der Waals surface area (Å²) in [6.07, 6.45) is 4.22. The number of anilines is 2. The van der Waals surface area contributed by atoms with E-state index in [4.69, 9.17) is 4.74 Å². The van der Waals surface area contributed by atoms with Gasteiger partial charge in [0.25, 0.3) is 0 Å². The van der Waals surface area contributed by atoms with Crippen LogP contribution in [0.3, 0.4) is 0 Å². The Hall–Kier alpha value is -2.87. The van der Waals surface area contributed by atoms with Crippen molar-refractivity contribution in [1.82, 2.24) is 0 Å². The molecular weight excluding hydrogens is 352 g/mol. The lowest BCUT2D eigenvalue weighted by atomic mass is 9.82. The number of rotatable bonds is 5. The molecule has 1 aliphatic heterocycles. The Morgan fingerprint density at radius 1 is 1.04 bits per heavy atom. The third-order valence-electron chi connectivity index (χ3n) is 4.93. The average molecular weight is 374 g/mol. The fraction of sp³-hybridized carbons (Fsp3) is 0.421. The van der Waals surface area contributed by atoms with Crippen LogP contribution in [0.15, 0.2) is 30.4 Å². The molecule has 1 amide bonds. The summed E-state index contributed by atoms with van der Waals surface area (Å²) in [5.74, 6) is -3.96. The molecule has 1 aromatic rings. The predicted octanol–water partition coefficient (Wildman–Crippen LogP) is 1.83. The second-order valence-corrected chi connectivity index (χ2v) is 6.62. The standard InChI is InChI=1S/C19H22N2O6/c22-17(13-3-1-2-4-14(13)18(23)24)20-12-5-6-16(15(11-12)19(25)26)21-7-9-27-10-8-21/h1-2,5-6,11,13-14H,3-4,7-10H2,(H,20,22)(H,23,24)(H,25,26). The molecule has 27 heavy (non-hydrogen) atoms. The van der Waals surface area contributed by atoms with Gasteiger partial charge in [-0.05, 0) is 31.0 Å². The van der Waals surface area contributed by atoms with Gasteiger partial charge in [0.15, 0.2) is 0 Å². The Bertz CT molecular complexity index is 769. The third kappa shape index (κ3) is 4.28. The minimum Gasteiger partial charge on any atom is -0.481 e. The van der Waals surface area contributed by atoms with Crippen molar-refractivity contribution in [2.24, 2.45) is 11.8 Å². The molecule has 144 valence electrons. The molecule has 1 fully saturated rings. The first-order valence-corrected chi connectivity index (χ1v) is 8.86. The Labute approximate surface area is 156 Å². The van der Waals surface area contributed by atoms with Crippen molar-refractivity contribution >= 4 is 29.2 Å². The monoisotopic (exact) mass is 374 g/mol. The van der Waals surface area contributed by atoms with Crippen LogP contribution in [0.1, 0.15) is 23.2 Å². The van der Waals surface area contributed by atoms with E-state index < -0.39 is 29.7 Å². The van der Waals surface area contributed by atoms with Crippen LogP contribution in [-0.4, -0.2) is 54.4 Å². The van der Waals surface area contributed by atoms with E-state index in [9.17, 15) is 24.6 Å². The first kappa shape index (κ1) is 18.9. The van der Waals surface area contributed by atoms with Crippen LogP contribution in [0.4, 0.5) is 11.4 Å². The molecule has 3 rings (SSSR count). The van der Waals surface area contributed by atoms with E-state index in [0.717, 1.165) is 0 Å². The van der Waals surface area contributed by atoms with Gasteiger partial charge in [0.2, 0.25) is 5.91 Å². The topological polar surface area (TPSA) is 116 Å². The number of nitrogens with one attached hydrogen (secondary N) is 1. The summed E-state index contributed by atoms with van der Waals surface area (Å²) in [6.45, 7) is 2.26. The van der Waals surface area contributed by atoms with E-state index in [1.54, 1.807) is 24.3 Å². The Morgan fingerprint density at radius 2 is 1.70 bits per heavy atom. The molecule has 2 unspecified atom stereocenters. The number of ether oxygens (including phenoxy) is 1. The zero-order valence-corrected chi connectivity index (χ0v) is 14.8. The Morgan fingerprint density at radius 3 is 2.33 bits per heavy atom. The zero-order valence-electron chi connectivity index (χ0n) is 14.8. The van der Waals surface area contributed by atoms with E-state index >= 15 is 0 Å². The number of carbonyl (C=O) groups is 3. The minimum absolute atomic E-state index is 0.0908. The van der Waals surface area contributed by atoms with Crippen molar-refractivity contribution in [3.8, 4) is 0 Å². The molecular formula is C19H22N2O6. The lowest BCUT2D eigenvalue weighted by Gasteiger charge is -2.30. The van der Waals surface area contributed by atoms with Crippen LogP contribution in [0, 0.1) is 11.8 Å². The maximum atomic E-state index is 12.6. The fourth-order valence-electron chi connectivity index (χ4n) is 3.48. The van der Waals surface area contributed by atoms with Gasteiger partial charge < -0.3 is 25.2 Å². The molecule has 0 saturated carbocycles. The first-order chi connectivity index (χ1) is 13.0. The van der Waals surface area contributed by atoms with E-state index in [1.807, 2.05) is 4.90 Å². The molecule has 2 aliphatic rings. The number of carboxylic acid groups (broad SMARTS) is 2. The summed E-state index contributed by atoms with van der Waals surface area (Å²) in [6, 6.07) is 4.73. The average Bonchev–Trinajstić information content (AvgIpc) is 2.68. The van der Waals surface area contributed by atoms with E-state index in [1.165, 1.54) is 6.07 Å². The number of hydrogen-bond acceptors (Lipinski definition) is 5. The molecule has 1 saturated heterocycles. The quantitative estimate of drug-likeness (QED) is 0.673. The molecule has 1 aromatic carbocycles. The SMILES string of the molecule is O=C(O)c1cc(NC(=O)C2CC=CCC2C(=O)O)ccc1N1CCOCC1. The second-order valence-electron chi connectivity index (χ2n) is 6.62. The maximum Gasteiger partial charge on any atom is 0.337 e. The molecule has 8 nitrogen and oxygen atoms in total. The number of carbonyl (C=O) groups excluding carboxylic acids is 1. The molecule has 2 atom stereocenters. The number of morpholine rings is 1. The van der Waals surface area contributed by atoms with Gasteiger partial charge in [-0.2, -0.15) is 0 Å². The highest BCUT2D eigenvalue weighted by Crippen LogP contribution is 2.29. The molecule has 0 aromatic heterocycles. The Balaban J connectivity index is 1.79. The van der Waals surface area contributed by atoms with E-state index in [0.29, 0.717) is 50.5 Å². The van der Waals surface area contributed by atoms with Crippen molar-refractivity contribution in [3.63, 3.8) is 0 Å². The normalized spacial score (nSPS) is 22.3. The third-order valence-corrected chi connectivity index (χ3v) is 4.93. The number of hydrogen-bond donors (Lipinski definition) is 3. The van der Waals surface area contributed by atoms with Crippen molar-refractivity contribution in [2.75, 3.05) is 36.5 Å². The Kier molecular flexibility index (Phi) is 5.75. The number of carboxylic acids is 2. The summed E-state index contributed by atoms with van der Waals surface area (Å²) in [7, 11) is 0. The fourth-order valence-corrected chi connectivity index (χ4v) is 3.48. The molecule has 3 N–H and O–H groups in total. The van der Waals surface area contributed by atoms with Gasteiger partial charge in [-0.25, -0.2) is 4.79 Å². The van der Waals surface area contributed by atoms with Gasteiger partial charge in [0, 0.05) is 18.8 Å². The van der Waals surface area contributed by atoms with Crippen molar-refractivity contribution in [3.05, 3.63) is 35.9 Å². The lowest BCUT2D eigenvalue weighted by molar-refractivity contribution is -0.146. The van der Waals surface area contributed by atoms with Gasteiger partial charge in [0.1, 0.15) is 0 Å². The van der Waals surface area contributed by atoms with Gasteiger partial charge in [-0.1, -0.05) is 12.2 Å². The van der Waals surface area contributed by atoms with Crippen LogP contribution in [0.25, 0.3) is 0 Å². The van der Waals surface area contributed by atoms with Crippen LogP contribution in [-0.2, 0) is 14.3 Å². The van der Waals surface area contributed by atoms with Gasteiger partial charge in [0.05, 0.1) is 36.3 Å². The summed E-state index contributed by atoms with van der Waals surface area (Å²) in [5, 5.41) is 21.6. The second kappa shape index (κ2) is 8.22. The zero-order chi connectivity index (χ0) is 19.4. The summed E-state index contributed by atoms with van der Waals surface area (Å²) in [5.41, 5.74) is 1.01. The van der Waals surface area contributed by atoms with Crippen LogP contribution in [0.2, 0.25) is 0 Å². The number of aromatic carboxylic acids is 1. The first-order valence-electron chi connectivity index (χ1n) is 8.86. The molecule has 8 heteroatoms. The predicted molar refractivity (Wildman–Crippen MR) is 98.1 cm³/mol. The van der Waals surface area contributed by atoms with Gasteiger partial charge in [-0.15, -0.1) is 0 Å². The van der Waals surface area contributed by atoms with Crippen LogP contribution >= 0.6 is 0 Å². The summed E-state index contributed by atoms with van der Waals surface area (Å²) >= 11 is 0. The highest BCUT2D eigenvalue weighted by atomic mass is 16.5. The highest BCUT2D eigenvalue weighted by Gasteiger charge is 2.34. The van der Waals surface area contributed by atoms with Crippen molar-refractivity contribution in [2.45, 2.75) is 12.8 Å². The van der Waals surface area contributed by atoms with Crippen LogP contribution < -0.4 is 10.2 Å². The molecule has 0 bridgehead atoms. The van der Waals surface area contributed by atoms with Crippen molar-refractivity contribution in [1.29, 1.82) is 0 Å². The van der Waals surface area contributed by atoms with Crippen LogP contribution in [0.5, 0.6) is 0 Å².